The number of hydrogen-bond donors (Lipinski definition) is 1. The molecule has 1 unspecified atom stereocenters. The number of aliphatic carboxylic acids is 1. The first kappa shape index (κ1) is 14.4. The predicted octanol–water partition coefficient (Wildman–Crippen LogP) is 1.56. The third kappa shape index (κ3) is 2.92. The zero-order chi connectivity index (χ0) is 14.8. The Bertz CT molecular complexity index is 528. The Balaban J connectivity index is 2.01. The monoisotopic (exact) mass is 277 g/mol. The lowest BCUT2D eigenvalue weighted by Gasteiger charge is -2.20. The van der Waals surface area contributed by atoms with Crippen LogP contribution in [-0.4, -0.2) is 42.1 Å². The van der Waals surface area contributed by atoms with E-state index < -0.39 is 11.4 Å². The van der Waals surface area contributed by atoms with Crippen molar-refractivity contribution in [1.82, 2.24) is 4.90 Å². The third-order valence-electron chi connectivity index (χ3n) is 3.83. The van der Waals surface area contributed by atoms with Gasteiger partial charge in [-0.2, -0.15) is 0 Å². The summed E-state index contributed by atoms with van der Waals surface area (Å²) >= 11 is 0. The van der Waals surface area contributed by atoms with Crippen LogP contribution in [0.1, 0.15) is 18.9 Å². The van der Waals surface area contributed by atoms with Crippen molar-refractivity contribution in [2.75, 3.05) is 20.2 Å². The molecule has 1 aliphatic rings. The lowest BCUT2D eigenvalue weighted by atomic mass is 9.90. The van der Waals surface area contributed by atoms with Crippen LogP contribution < -0.4 is 4.74 Å². The second-order valence-electron chi connectivity index (χ2n) is 5.46. The van der Waals surface area contributed by atoms with Gasteiger partial charge in [0.25, 0.3) is 0 Å². The lowest BCUT2D eigenvalue weighted by Crippen LogP contribution is -2.35. The maximum absolute atomic E-state index is 12.2. The molecule has 20 heavy (non-hydrogen) atoms. The number of carboxylic acids is 1. The summed E-state index contributed by atoms with van der Waals surface area (Å²) in [5.41, 5.74) is 0.0580. The Morgan fingerprint density at radius 3 is 2.80 bits per heavy atom. The standard InChI is InChI=1S/C15H19NO4/c1-15(14(18)19)6-7-16(10-15)13(17)9-11-4-3-5-12(8-11)20-2/h3-5,8H,6-7,9-10H2,1-2H3,(H,18,19). The molecule has 0 aliphatic carbocycles. The molecule has 1 aliphatic heterocycles. The fourth-order valence-corrected chi connectivity index (χ4v) is 2.42. The van der Waals surface area contributed by atoms with Crippen molar-refractivity contribution in [3.63, 3.8) is 0 Å². The maximum atomic E-state index is 12.2. The number of carboxylic acid groups (broad SMARTS) is 1. The third-order valence-corrected chi connectivity index (χ3v) is 3.83. The summed E-state index contributed by atoms with van der Waals surface area (Å²) in [6.07, 6.45) is 0.777. The highest BCUT2D eigenvalue weighted by Gasteiger charge is 2.41. The number of carbonyl (C=O) groups is 2. The van der Waals surface area contributed by atoms with Crippen molar-refractivity contribution in [3.8, 4) is 5.75 Å². The number of carbonyl (C=O) groups excluding carboxylic acids is 1. The molecule has 1 saturated heterocycles. The first-order chi connectivity index (χ1) is 9.44. The van der Waals surface area contributed by atoms with E-state index in [0.717, 1.165) is 5.56 Å². The minimum atomic E-state index is -0.839. The Labute approximate surface area is 118 Å². The smallest absolute Gasteiger partial charge is 0.311 e. The zero-order valence-electron chi connectivity index (χ0n) is 11.8. The summed E-state index contributed by atoms with van der Waals surface area (Å²) in [5, 5.41) is 9.18. The largest absolute Gasteiger partial charge is 0.497 e. The maximum Gasteiger partial charge on any atom is 0.311 e. The highest BCUT2D eigenvalue weighted by molar-refractivity contribution is 5.82. The second-order valence-corrected chi connectivity index (χ2v) is 5.46. The molecular formula is C15H19NO4. The quantitative estimate of drug-likeness (QED) is 0.907. The molecule has 2 rings (SSSR count). The average Bonchev–Trinajstić information content (AvgIpc) is 2.83. The van der Waals surface area contributed by atoms with Gasteiger partial charge in [0.1, 0.15) is 5.75 Å². The van der Waals surface area contributed by atoms with Crippen LogP contribution in [0.2, 0.25) is 0 Å². The van der Waals surface area contributed by atoms with Crippen LogP contribution >= 0.6 is 0 Å². The number of rotatable bonds is 4. The Hall–Kier alpha value is -2.04. The molecule has 0 radical (unpaired) electrons. The molecule has 0 aromatic heterocycles. The fourth-order valence-electron chi connectivity index (χ4n) is 2.42. The second kappa shape index (κ2) is 5.53. The van der Waals surface area contributed by atoms with Crippen LogP contribution in [-0.2, 0) is 16.0 Å². The van der Waals surface area contributed by atoms with Crippen LogP contribution in [0.3, 0.4) is 0 Å². The van der Waals surface area contributed by atoms with E-state index in [0.29, 0.717) is 18.7 Å². The number of methoxy groups -OCH3 is 1. The van der Waals surface area contributed by atoms with Crippen LogP contribution in [0.15, 0.2) is 24.3 Å². The summed E-state index contributed by atoms with van der Waals surface area (Å²) in [6, 6.07) is 7.36. The van der Waals surface area contributed by atoms with Gasteiger partial charge in [0, 0.05) is 13.1 Å². The van der Waals surface area contributed by atoms with E-state index >= 15 is 0 Å². The van der Waals surface area contributed by atoms with Crippen molar-refractivity contribution >= 4 is 11.9 Å². The van der Waals surface area contributed by atoms with Gasteiger partial charge in [0.2, 0.25) is 5.91 Å². The molecule has 1 amide bonds. The summed E-state index contributed by atoms with van der Waals surface area (Å²) < 4.78 is 5.12. The highest BCUT2D eigenvalue weighted by Crippen LogP contribution is 2.30. The Kier molecular flexibility index (Phi) is 3.97. The van der Waals surface area contributed by atoms with Gasteiger partial charge in [-0.1, -0.05) is 12.1 Å². The number of hydrogen-bond acceptors (Lipinski definition) is 3. The number of nitrogens with zero attached hydrogens (tertiary/aromatic N) is 1. The van der Waals surface area contributed by atoms with Gasteiger partial charge in [0.05, 0.1) is 18.9 Å². The van der Waals surface area contributed by atoms with E-state index in [1.165, 1.54) is 0 Å². The number of ether oxygens (including phenoxy) is 1. The Morgan fingerprint density at radius 2 is 2.20 bits per heavy atom. The van der Waals surface area contributed by atoms with Crippen LogP contribution in [0, 0.1) is 5.41 Å². The van der Waals surface area contributed by atoms with Crippen LogP contribution in [0.4, 0.5) is 0 Å². The molecule has 1 N–H and O–H groups in total. The molecule has 0 saturated carbocycles. The lowest BCUT2D eigenvalue weighted by molar-refractivity contribution is -0.147. The minimum absolute atomic E-state index is 0.0387. The summed E-state index contributed by atoms with van der Waals surface area (Å²) in [6.45, 7) is 2.48. The molecule has 108 valence electrons. The fraction of sp³-hybridized carbons (Fsp3) is 0.467. The first-order valence-corrected chi connectivity index (χ1v) is 6.59. The molecule has 1 heterocycles. The van der Waals surface area contributed by atoms with Gasteiger partial charge in [0.15, 0.2) is 0 Å². The molecule has 1 aromatic rings. The zero-order valence-corrected chi connectivity index (χ0v) is 11.8. The van der Waals surface area contributed by atoms with Gasteiger partial charge in [-0.15, -0.1) is 0 Å². The number of likely N-dealkylation sites (tertiary alicyclic amines) is 1. The average molecular weight is 277 g/mol. The van der Waals surface area contributed by atoms with Crippen molar-refractivity contribution in [1.29, 1.82) is 0 Å². The molecule has 0 bridgehead atoms. The molecule has 1 aromatic carbocycles. The van der Waals surface area contributed by atoms with E-state index in [1.807, 2.05) is 24.3 Å². The molecule has 1 atom stereocenters. The van der Waals surface area contributed by atoms with Gasteiger partial charge in [-0.3, -0.25) is 9.59 Å². The van der Waals surface area contributed by atoms with E-state index in [4.69, 9.17) is 4.74 Å². The molecule has 1 fully saturated rings. The Morgan fingerprint density at radius 1 is 1.45 bits per heavy atom. The molecule has 5 nitrogen and oxygen atoms in total. The summed E-state index contributed by atoms with van der Waals surface area (Å²) in [7, 11) is 1.58. The van der Waals surface area contributed by atoms with Gasteiger partial charge < -0.3 is 14.7 Å². The summed E-state index contributed by atoms with van der Waals surface area (Å²) in [4.78, 5) is 25.0. The van der Waals surface area contributed by atoms with Crippen LogP contribution in [0.5, 0.6) is 5.75 Å². The van der Waals surface area contributed by atoms with Crippen molar-refractivity contribution in [2.45, 2.75) is 19.8 Å². The summed E-state index contributed by atoms with van der Waals surface area (Å²) in [5.74, 6) is -0.162. The van der Waals surface area contributed by atoms with Crippen molar-refractivity contribution in [3.05, 3.63) is 29.8 Å². The number of amides is 1. The molecular weight excluding hydrogens is 258 g/mol. The minimum Gasteiger partial charge on any atom is -0.497 e. The van der Waals surface area contributed by atoms with E-state index in [9.17, 15) is 14.7 Å². The SMILES string of the molecule is COc1cccc(CC(=O)N2CCC(C)(C(=O)O)C2)c1. The molecule has 5 heteroatoms. The topological polar surface area (TPSA) is 66.8 Å². The van der Waals surface area contributed by atoms with E-state index in [1.54, 1.807) is 18.9 Å². The van der Waals surface area contributed by atoms with Crippen molar-refractivity contribution in [2.24, 2.45) is 5.41 Å². The van der Waals surface area contributed by atoms with Gasteiger partial charge in [-0.05, 0) is 31.0 Å². The molecule has 0 spiro atoms. The normalized spacial score (nSPS) is 21.8. The van der Waals surface area contributed by atoms with Crippen LogP contribution in [0.25, 0.3) is 0 Å². The van der Waals surface area contributed by atoms with Gasteiger partial charge in [-0.25, -0.2) is 0 Å². The predicted molar refractivity (Wildman–Crippen MR) is 73.6 cm³/mol. The van der Waals surface area contributed by atoms with E-state index in [-0.39, 0.29) is 18.9 Å². The van der Waals surface area contributed by atoms with Crippen molar-refractivity contribution < 1.29 is 19.4 Å². The first-order valence-electron chi connectivity index (χ1n) is 6.59. The van der Waals surface area contributed by atoms with E-state index in [2.05, 4.69) is 0 Å². The van der Waals surface area contributed by atoms with Gasteiger partial charge >= 0.3 is 5.97 Å². The number of benzene rings is 1. The highest BCUT2D eigenvalue weighted by atomic mass is 16.5.